The van der Waals surface area contributed by atoms with Crippen LogP contribution in [0.4, 0.5) is 5.69 Å². The number of rotatable bonds is 2. The third-order valence-corrected chi connectivity index (χ3v) is 1.38. The predicted octanol–water partition coefficient (Wildman–Crippen LogP) is 1.23. The summed E-state index contributed by atoms with van der Waals surface area (Å²) in [5.74, 6) is -0.827. The molecule has 1 aromatic rings. The van der Waals surface area contributed by atoms with Crippen LogP contribution in [-0.4, -0.2) is 10.9 Å². The van der Waals surface area contributed by atoms with Crippen LogP contribution in [0, 0.1) is 4.91 Å². The summed E-state index contributed by atoms with van der Waals surface area (Å²) in [7, 11) is 0. The van der Waals surface area contributed by atoms with Gasteiger partial charge < -0.3 is 5.73 Å². The molecule has 2 N–H and O–H groups in total. The zero-order valence-corrected chi connectivity index (χ0v) is 6.58. The smallest absolute Gasteiger partial charge is 0.269 e. The van der Waals surface area contributed by atoms with Gasteiger partial charge in [-0.25, -0.2) is 4.98 Å². The number of aromatic nitrogens is 1. The van der Waals surface area contributed by atoms with E-state index in [4.69, 9.17) is 17.3 Å². The Balaban J connectivity index is 3.30. The van der Waals surface area contributed by atoms with Crippen molar-refractivity contribution in [1.29, 1.82) is 0 Å². The van der Waals surface area contributed by atoms with E-state index in [2.05, 4.69) is 10.2 Å². The molecule has 0 aliphatic rings. The number of primary amides is 1. The van der Waals surface area contributed by atoms with Gasteiger partial charge in [0.05, 0.1) is 0 Å². The number of hydrogen-bond donors (Lipinski definition) is 1. The second-order valence-corrected chi connectivity index (χ2v) is 2.34. The van der Waals surface area contributed by atoms with Crippen LogP contribution in [-0.2, 0) is 0 Å². The number of carbonyl (C=O) groups excluding carboxylic acids is 1. The van der Waals surface area contributed by atoms with Crippen molar-refractivity contribution in [3.8, 4) is 0 Å². The Kier molecular flexibility index (Phi) is 2.35. The third-order valence-electron chi connectivity index (χ3n) is 1.17. The Bertz CT molecular complexity index is 340. The number of amides is 1. The molecule has 0 unspecified atom stereocenters. The van der Waals surface area contributed by atoms with E-state index in [-0.39, 0.29) is 16.5 Å². The van der Waals surface area contributed by atoms with Gasteiger partial charge in [0, 0.05) is 0 Å². The molecule has 0 fully saturated rings. The van der Waals surface area contributed by atoms with Gasteiger partial charge in [-0.15, -0.1) is 4.91 Å². The molecular weight excluding hydrogens is 182 g/mol. The van der Waals surface area contributed by atoms with E-state index in [1.165, 1.54) is 12.1 Å². The van der Waals surface area contributed by atoms with Crippen molar-refractivity contribution in [2.24, 2.45) is 10.9 Å². The van der Waals surface area contributed by atoms with Crippen molar-refractivity contribution in [1.82, 2.24) is 4.98 Å². The van der Waals surface area contributed by atoms with Gasteiger partial charge in [-0.3, -0.25) is 4.79 Å². The first-order valence-electron chi connectivity index (χ1n) is 2.95. The van der Waals surface area contributed by atoms with Crippen molar-refractivity contribution in [3.05, 3.63) is 27.9 Å². The zero-order chi connectivity index (χ0) is 9.14. The first-order valence-corrected chi connectivity index (χ1v) is 3.32. The highest BCUT2D eigenvalue weighted by atomic mass is 35.5. The molecule has 0 saturated carbocycles. The average molecular weight is 186 g/mol. The van der Waals surface area contributed by atoms with Crippen LogP contribution in [0.1, 0.15) is 10.5 Å². The van der Waals surface area contributed by atoms with Crippen LogP contribution in [0.5, 0.6) is 0 Å². The monoisotopic (exact) mass is 185 g/mol. The first-order chi connectivity index (χ1) is 5.65. The Morgan fingerprint density at radius 2 is 2.25 bits per heavy atom. The molecule has 5 nitrogen and oxygen atoms in total. The van der Waals surface area contributed by atoms with E-state index in [1.54, 1.807) is 0 Å². The number of hydrogen-bond acceptors (Lipinski definition) is 4. The molecule has 0 bridgehead atoms. The van der Waals surface area contributed by atoms with Gasteiger partial charge in [-0.05, 0) is 17.3 Å². The number of pyridine rings is 1. The Hall–Kier alpha value is -1.49. The van der Waals surface area contributed by atoms with Crippen LogP contribution in [0.3, 0.4) is 0 Å². The molecule has 0 saturated heterocycles. The highest BCUT2D eigenvalue weighted by Crippen LogP contribution is 2.18. The second kappa shape index (κ2) is 3.27. The molecule has 1 rings (SSSR count). The molecule has 0 radical (unpaired) electrons. The molecule has 62 valence electrons. The second-order valence-electron chi connectivity index (χ2n) is 1.96. The fourth-order valence-corrected chi connectivity index (χ4v) is 0.830. The van der Waals surface area contributed by atoms with Crippen molar-refractivity contribution >= 4 is 23.2 Å². The summed E-state index contributed by atoms with van der Waals surface area (Å²) >= 11 is 5.46. The van der Waals surface area contributed by atoms with Crippen LogP contribution in [0.2, 0.25) is 5.15 Å². The molecular formula is C6H4ClN3O2. The van der Waals surface area contributed by atoms with Gasteiger partial charge in [0.25, 0.3) is 5.91 Å². The summed E-state index contributed by atoms with van der Waals surface area (Å²) in [6, 6.07) is 2.63. The lowest BCUT2D eigenvalue weighted by Gasteiger charge is -1.96. The summed E-state index contributed by atoms with van der Waals surface area (Å²) < 4.78 is 0. The van der Waals surface area contributed by atoms with E-state index >= 15 is 0 Å². The quantitative estimate of drug-likeness (QED) is 0.555. The molecule has 0 atom stereocenters. The molecule has 6 heteroatoms. The largest absolute Gasteiger partial charge is 0.364 e. The van der Waals surface area contributed by atoms with Crippen LogP contribution < -0.4 is 5.73 Å². The average Bonchev–Trinajstić information content (AvgIpc) is 2.04. The number of carbonyl (C=O) groups is 1. The molecule has 0 aromatic carbocycles. The highest BCUT2D eigenvalue weighted by Gasteiger charge is 2.10. The minimum atomic E-state index is -0.827. The summed E-state index contributed by atoms with van der Waals surface area (Å²) in [5.41, 5.74) is 4.58. The number of nitrogens with two attached hydrogens (primary N) is 1. The van der Waals surface area contributed by atoms with Crippen molar-refractivity contribution in [2.75, 3.05) is 0 Å². The van der Waals surface area contributed by atoms with Gasteiger partial charge in [0.1, 0.15) is 10.8 Å². The van der Waals surface area contributed by atoms with E-state index in [1.807, 2.05) is 0 Å². The standard InChI is InChI=1S/C6H4ClN3O2/c7-4-2-1-3(10-12)5(9-4)6(8)11/h1-2H,(H2,8,11). The minimum absolute atomic E-state index is 0.0937. The molecule has 0 aliphatic heterocycles. The normalized spacial score (nSPS) is 9.42. The molecule has 0 aliphatic carbocycles. The lowest BCUT2D eigenvalue weighted by Crippen LogP contribution is -2.13. The van der Waals surface area contributed by atoms with E-state index < -0.39 is 5.91 Å². The Labute approximate surface area is 72.5 Å². The molecule has 1 aromatic heterocycles. The van der Waals surface area contributed by atoms with Gasteiger partial charge in [-0.2, -0.15) is 0 Å². The third kappa shape index (κ3) is 1.57. The maximum absolute atomic E-state index is 10.6. The van der Waals surface area contributed by atoms with E-state index in [9.17, 15) is 9.70 Å². The van der Waals surface area contributed by atoms with Crippen LogP contribution >= 0.6 is 11.6 Å². The van der Waals surface area contributed by atoms with E-state index in [0.29, 0.717) is 0 Å². The van der Waals surface area contributed by atoms with Crippen molar-refractivity contribution in [3.63, 3.8) is 0 Å². The predicted molar refractivity (Wildman–Crippen MR) is 43.2 cm³/mol. The van der Waals surface area contributed by atoms with Gasteiger partial charge >= 0.3 is 0 Å². The van der Waals surface area contributed by atoms with Gasteiger partial charge in [-0.1, -0.05) is 11.6 Å². The van der Waals surface area contributed by atoms with E-state index in [0.717, 1.165) is 0 Å². The summed E-state index contributed by atoms with van der Waals surface area (Å²) in [6.45, 7) is 0. The molecule has 1 amide bonds. The van der Waals surface area contributed by atoms with Crippen LogP contribution in [0.15, 0.2) is 17.3 Å². The first kappa shape index (κ1) is 8.61. The lowest BCUT2D eigenvalue weighted by atomic mass is 10.3. The molecule has 12 heavy (non-hydrogen) atoms. The fourth-order valence-electron chi connectivity index (χ4n) is 0.683. The number of halogens is 1. The summed E-state index contributed by atoms with van der Waals surface area (Å²) in [5, 5.41) is 2.65. The van der Waals surface area contributed by atoms with Gasteiger partial charge in [0.15, 0.2) is 5.69 Å². The zero-order valence-electron chi connectivity index (χ0n) is 5.82. The SMILES string of the molecule is NC(=O)c1nc(Cl)ccc1N=O. The number of nitroso groups, excluding NO2 is 1. The van der Waals surface area contributed by atoms with Crippen molar-refractivity contribution in [2.45, 2.75) is 0 Å². The summed E-state index contributed by atoms with van der Waals surface area (Å²) in [6.07, 6.45) is 0. The topological polar surface area (TPSA) is 85.4 Å². The summed E-state index contributed by atoms with van der Waals surface area (Å²) in [4.78, 5) is 24.3. The van der Waals surface area contributed by atoms with Gasteiger partial charge in [0.2, 0.25) is 0 Å². The minimum Gasteiger partial charge on any atom is -0.364 e. The maximum atomic E-state index is 10.6. The maximum Gasteiger partial charge on any atom is 0.269 e. The fraction of sp³-hybridized carbons (Fsp3) is 0. The Morgan fingerprint density at radius 1 is 1.58 bits per heavy atom. The Morgan fingerprint density at radius 3 is 2.75 bits per heavy atom. The number of nitrogens with zero attached hydrogens (tertiary/aromatic N) is 2. The van der Waals surface area contributed by atoms with Crippen LogP contribution in [0.25, 0.3) is 0 Å². The molecule has 1 heterocycles. The molecule has 0 spiro atoms. The highest BCUT2D eigenvalue weighted by molar-refractivity contribution is 6.29. The van der Waals surface area contributed by atoms with Crippen molar-refractivity contribution < 1.29 is 4.79 Å². The lowest BCUT2D eigenvalue weighted by molar-refractivity contribution is 0.0996.